The van der Waals surface area contributed by atoms with Gasteiger partial charge in [0.15, 0.2) is 0 Å². The van der Waals surface area contributed by atoms with Gasteiger partial charge in [0.2, 0.25) is 11.8 Å². The number of amides is 2. The molecule has 6 nitrogen and oxygen atoms in total. The van der Waals surface area contributed by atoms with Gasteiger partial charge >= 0.3 is 0 Å². The maximum atomic E-state index is 12.3. The minimum absolute atomic E-state index is 0.125. The number of hydrogen-bond acceptors (Lipinski definition) is 4. The first-order chi connectivity index (χ1) is 15.2. The van der Waals surface area contributed by atoms with E-state index in [1.807, 2.05) is 41.3 Å². The summed E-state index contributed by atoms with van der Waals surface area (Å²) in [6.07, 6.45) is 4.89. The largest absolute Gasteiger partial charge is 0.379 e. The maximum Gasteiger partial charge on any atom is 0.244 e. The van der Waals surface area contributed by atoms with Crippen LogP contribution in [0.15, 0.2) is 54.6 Å². The maximum absolute atomic E-state index is 12.3. The Kier molecular flexibility index (Phi) is 7.12. The fourth-order valence-corrected chi connectivity index (χ4v) is 3.98. The van der Waals surface area contributed by atoms with Gasteiger partial charge in [0.25, 0.3) is 0 Å². The summed E-state index contributed by atoms with van der Waals surface area (Å²) in [5, 5.41) is 2.99. The Morgan fingerprint density at radius 3 is 2.45 bits per heavy atom. The molecule has 0 radical (unpaired) electrons. The fourth-order valence-electron chi connectivity index (χ4n) is 3.98. The minimum atomic E-state index is -0.125. The molecule has 31 heavy (non-hydrogen) atoms. The van der Waals surface area contributed by atoms with Crippen molar-refractivity contribution in [3.63, 3.8) is 0 Å². The number of anilines is 1. The van der Waals surface area contributed by atoms with Crippen molar-refractivity contribution in [1.82, 2.24) is 10.2 Å². The van der Waals surface area contributed by atoms with E-state index < -0.39 is 0 Å². The summed E-state index contributed by atoms with van der Waals surface area (Å²) < 4.78 is 5.42. The highest BCUT2D eigenvalue weighted by Crippen LogP contribution is 2.22. The number of carbonyl (C=O) groups excluding carboxylic acids is 2. The topological polar surface area (TPSA) is 61.9 Å². The smallest absolute Gasteiger partial charge is 0.244 e. The number of nitrogens with one attached hydrogen (secondary N) is 1. The molecule has 2 aliphatic rings. The molecule has 0 atom stereocenters. The van der Waals surface area contributed by atoms with Crippen molar-refractivity contribution >= 4 is 23.6 Å². The molecule has 0 saturated carbocycles. The monoisotopic (exact) mass is 419 g/mol. The highest BCUT2D eigenvalue weighted by Gasteiger charge is 2.21. The lowest BCUT2D eigenvalue weighted by Gasteiger charge is -2.27. The van der Waals surface area contributed by atoms with Crippen molar-refractivity contribution in [2.75, 3.05) is 37.7 Å². The van der Waals surface area contributed by atoms with E-state index in [1.165, 1.54) is 5.56 Å². The molecule has 2 aromatic carbocycles. The van der Waals surface area contributed by atoms with Crippen LogP contribution in [0.1, 0.15) is 29.5 Å². The SMILES string of the molecule is O=C(/C=C/c1ccc(N2CCCC2=O)cc1)NCc1ccccc1CN1CCOCC1. The number of ether oxygens (including phenoxy) is 1. The second kappa shape index (κ2) is 10.4. The molecule has 0 bridgehead atoms. The third-order valence-electron chi connectivity index (χ3n) is 5.77. The first-order valence-electron chi connectivity index (χ1n) is 10.9. The lowest BCUT2D eigenvalue weighted by Crippen LogP contribution is -2.36. The Hall–Kier alpha value is -2.96. The Morgan fingerprint density at radius 2 is 1.74 bits per heavy atom. The van der Waals surface area contributed by atoms with Crippen molar-refractivity contribution < 1.29 is 14.3 Å². The van der Waals surface area contributed by atoms with E-state index in [0.29, 0.717) is 13.0 Å². The van der Waals surface area contributed by atoms with Gasteiger partial charge in [0, 0.05) is 50.9 Å². The van der Waals surface area contributed by atoms with Gasteiger partial charge in [0.05, 0.1) is 13.2 Å². The summed E-state index contributed by atoms with van der Waals surface area (Å²) in [4.78, 5) is 28.4. The third kappa shape index (κ3) is 5.81. The van der Waals surface area contributed by atoms with E-state index >= 15 is 0 Å². The summed E-state index contributed by atoms with van der Waals surface area (Å²) in [6.45, 7) is 5.58. The van der Waals surface area contributed by atoms with E-state index in [4.69, 9.17) is 4.74 Å². The molecular formula is C25H29N3O3. The molecule has 2 heterocycles. The predicted molar refractivity (Wildman–Crippen MR) is 121 cm³/mol. The van der Waals surface area contributed by atoms with Crippen molar-refractivity contribution in [2.45, 2.75) is 25.9 Å². The highest BCUT2D eigenvalue weighted by atomic mass is 16.5. The Morgan fingerprint density at radius 1 is 1.00 bits per heavy atom. The number of benzene rings is 2. The number of hydrogen-bond donors (Lipinski definition) is 1. The normalized spacial score (nSPS) is 17.4. The fraction of sp³-hybridized carbons (Fsp3) is 0.360. The number of morpholine rings is 1. The predicted octanol–water partition coefficient (Wildman–Crippen LogP) is 2.98. The van der Waals surface area contributed by atoms with Crippen molar-refractivity contribution in [3.8, 4) is 0 Å². The van der Waals surface area contributed by atoms with Crippen molar-refractivity contribution in [3.05, 3.63) is 71.3 Å². The first-order valence-corrected chi connectivity index (χ1v) is 10.9. The zero-order valence-electron chi connectivity index (χ0n) is 17.8. The summed E-state index contributed by atoms with van der Waals surface area (Å²) in [5.41, 5.74) is 4.22. The average molecular weight is 420 g/mol. The molecule has 6 heteroatoms. The van der Waals surface area contributed by atoms with Crippen LogP contribution in [0.4, 0.5) is 5.69 Å². The van der Waals surface area contributed by atoms with Crippen LogP contribution >= 0.6 is 0 Å². The molecule has 162 valence electrons. The molecule has 0 unspecified atom stereocenters. The van der Waals surface area contributed by atoms with Gasteiger partial charge in [-0.15, -0.1) is 0 Å². The molecular weight excluding hydrogens is 390 g/mol. The number of carbonyl (C=O) groups is 2. The molecule has 0 spiro atoms. The van der Waals surface area contributed by atoms with Crippen LogP contribution in [-0.4, -0.2) is 49.6 Å². The second-order valence-electron chi connectivity index (χ2n) is 7.95. The van der Waals surface area contributed by atoms with Gasteiger partial charge in [-0.1, -0.05) is 36.4 Å². The van der Waals surface area contributed by atoms with E-state index in [9.17, 15) is 9.59 Å². The second-order valence-corrected chi connectivity index (χ2v) is 7.95. The van der Waals surface area contributed by atoms with Crippen LogP contribution in [0, 0.1) is 0 Å². The average Bonchev–Trinajstić information content (AvgIpc) is 3.24. The zero-order chi connectivity index (χ0) is 21.5. The van der Waals surface area contributed by atoms with Crippen LogP contribution in [0.3, 0.4) is 0 Å². The van der Waals surface area contributed by atoms with Gasteiger partial charge in [0.1, 0.15) is 0 Å². The van der Waals surface area contributed by atoms with E-state index in [1.54, 1.807) is 12.2 Å². The standard InChI is InChI=1S/C25H29N3O3/c29-24(12-9-20-7-10-23(11-8-20)28-13-3-6-25(28)30)26-18-21-4-1-2-5-22(21)19-27-14-16-31-17-15-27/h1-2,4-5,7-12H,3,6,13-19H2,(H,26,29)/b12-9+. The van der Waals surface area contributed by atoms with Gasteiger partial charge in [-0.05, 0) is 41.3 Å². The van der Waals surface area contributed by atoms with Crippen LogP contribution in [-0.2, 0) is 27.4 Å². The lowest BCUT2D eigenvalue weighted by molar-refractivity contribution is -0.117. The summed E-state index contributed by atoms with van der Waals surface area (Å²) in [5.74, 6) is 0.0524. The van der Waals surface area contributed by atoms with Gasteiger partial charge in [-0.3, -0.25) is 14.5 Å². The van der Waals surface area contributed by atoms with Crippen molar-refractivity contribution in [1.29, 1.82) is 0 Å². The van der Waals surface area contributed by atoms with E-state index in [0.717, 1.165) is 62.6 Å². The minimum Gasteiger partial charge on any atom is -0.379 e. The highest BCUT2D eigenvalue weighted by molar-refractivity contribution is 5.95. The summed E-state index contributed by atoms with van der Waals surface area (Å²) >= 11 is 0. The number of rotatable bonds is 7. The van der Waals surface area contributed by atoms with Crippen LogP contribution in [0.5, 0.6) is 0 Å². The Bertz CT molecular complexity index is 933. The lowest BCUT2D eigenvalue weighted by atomic mass is 10.1. The van der Waals surface area contributed by atoms with Crippen molar-refractivity contribution in [2.24, 2.45) is 0 Å². The molecule has 2 aliphatic heterocycles. The molecule has 2 aromatic rings. The molecule has 2 amide bonds. The van der Waals surface area contributed by atoms with Gasteiger partial charge in [-0.2, -0.15) is 0 Å². The molecule has 2 fully saturated rings. The molecule has 0 aromatic heterocycles. The molecule has 4 rings (SSSR count). The Balaban J connectivity index is 1.30. The van der Waals surface area contributed by atoms with Gasteiger partial charge in [-0.25, -0.2) is 0 Å². The van der Waals surface area contributed by atoms with Crippen LogP contribution in [0.2, 0.25) is 0 Å². The summed E-state index contributed by atoms with van der Waals surface area (Å²) in [6, 6.07) is 16.0. The third-order valence-corrected chi connectivity index (χ3v) is 5.77. The van der Waals surface area contributed by atoms with E-state index in [-0.39, 0.29) is 11.8 Å². The molecule has 2 saturated heterocycles. The first kappa shape index (κ1) is 21.3. The van der Waals surface area contributed by atoms with Crippen LogP contribution < -0.4 is 10.2 Å². The zero-order valence-corrected chi connectivity index (χ0v) is 17.8. The molecule has 1 N–H and O–H groups in total. The van der Waals surface area contributed by atoms with Gasteiger partial charge < -0.3 is 15.0 Å². The molecule has 0 aliphatic carbocycles. The summed E-state index contributed by atoms with van der Waals surface area (Å²) in [7, 11) is 0. The quantitative estimate of drug-likeness (QED) is 0.701. The van der Waals surface area contributed by atoms with Crippen LogP contribution in [0.25, 0.3) is 6.08 Å². The van der Waals surface area contributed by atoms with E-state index in [2.05, 4.69) is 22.3 Å². The Labute approximate surface area is 183 Å². The number of nitrogens with zero attached hydrogens (tertiary/aromatic N) is 2.